The first kappa shape index (κ1) is 25.4. The normalized spacial score (nSPS) is 32.0. The van der Waals surface area contributed by atoms with Crippen LogP contribution < -0.4 is 4.90 Å². The molecule has 4 nitrogen and oxygen atoms in total. The van der Waals surface area contributed by atoms with Crippen LogP contribution in [-0.2, 0) is 9.53 Å². The number of benzene rings is 2. The van der Waals surface area contributed by atoms with Crippen molar-refractivity contribution in [3.63, 3.8) is 0 Å². The first-order valence-electron chi connectivity index (χ1n) is 13.6. The lowest BCUT2D eigenvalue weighted by Gasteiger charge is -2.53. The average molecular weight is 528 g/mol. The van der Waals surface area contributed by atoms with Gasteiger partial charge in [0.05, 0.1) is 12.7 Å². The quantitative estimate of drug-likeness (QED) is 0.481. The number of rotatable bonds is 2. The Morgan fingerprint density at radius 3 is 2.53 bits per heavy atom. The molecule has 4 aliphatic rings. The molecule has 3 unspecified atom stereocenters. The predicted octanol–water partition coefficient (Wildman–Crippen LogP) is 6.08. The summed E-state index contributed by atoms with van der Waals surface area (Å²) >= 11 is 6.06. The largest absolute Gasteiger partial charge is 0.378 e. The van der Waals surface area contributed by atoms with Gasteiger partial charge in [-0.3, -0.25) is 4.79 Å². The maximum Gasteiger partial charge on any atom is 0.156 e. The van der Waals surface area contributed by atoms with Crippen molar-refractivity contribution >= 4 is 23.1 Å². The fraction of sp³-hybridized carbons (Fsp3) is 0.424. The maximum atomic E-state index is 12.2. The van der Waals surface area contributed by atoms with Crippen molar-refractivity contribution in [1.82, 2.24) is 0 Å². The van der Waals surface area contributed by atoms with Gasteiger partial charge in [-0.15, -0.1) is 0 Å². The summed E-state index contributed by atoms with van der Waals surface area (Å²) in [7, 11) is 4.09. The number of carbonyl (C=O) groups excluding carboxylic acids is 1. The van der Waals surface area contributed by atoms with Gasteiger partial charge in [-0.2, -0.15) is 0 Å². The third kappa shape index (κ3) is 4.13. The molecule has 1 N–H and O–H groups in total. The van der Waals surface area contributed by atoms with Gasteiger partial charge in [0.1, 0.15) is 5.60 Å². The van der Waals surface area contributed by atoms with Crippen LogP contribution in [0.1, 0.15) is 56.1 Å². The van der Waals surface area contributed by atoms with Crippen LogP contribution in [0.4, 0.5) is 5.69 Å². The van der Waals surface area contributed by atoms with E-state index < -0.39 is 11.0 Å². The molecule has 2 aromatic carbocycles. The SMILES string of the molecule is CN(C)c1ccc(C2CC3(C)[C@@H](CC[C@@]3(O)C#Cc3ccc(Cl)cc3)C3OCC4=CC(=O)CCC4=C23)cc1. The van der Waals surface area contributed by atoms with Crippen LogP contribution >= 0.6 is 11.6 Å². The number of fused-ring (bicyclic) bond motifs is 4. The molecule has 5 atom stereocenters. The zero-order valence-corrected chi connectivity index (χ0v) is 23.0. The Bertz CT molecular complexity index is 1390. The van der Waals surface area contributed by atoms with Crippen LogP contribution in [-0.4, -0.2) is 43.3 Å². The average Bonchev–Trinajstić information content (AvgIpc) is 3.18. The number of anilines is 1. The molecule has 0 bridgehead atoms. The molecule has 1 heterocycles. The number of ketones is 1. The van der Waals surface area contributed by atoms with Gasteiger partial charge in [-0.25, -0.2) is 0 Å². The molecule has 0 saturated heterocycles. The van der Waals surface area contributed by atoms with E-state index in [-0.39, 0.29) is 23.7 Å². The Morgan fingerprint density at radius 2 is 1.82 bits per heavy atom. The molecule has 196 valence electrons. The second kappa shape index (κ2) is 9.42. The van der Waals surface area contributed by atoms with Crippen LogP contribution in [0.25, 0.3) is 0 Å². The zero-order valence-electron chi connectivity index (χ0n) is 22.3. The Kier molecular flexibility index (Phi) is 6.30. The molecule has 3 aliphatic carbocycles. The second-order valence-electron chi connectivity index (χ2n) is 11.7. The van der Waals surface area contributed by atoms with Crippen molar-refractivity contribution in [1.29, 1.82) is 0 Å². The van der Waals surface area contributed by atoms with E-state index in [9.17, 15) is 9.90 Å². The van der Waals surface area contributed by atoms with Crippen molar-refractivity contribution in [2.24, 2.45) is 11.3 Å². The first-order chi connectivity index (χ1) is 18.2. The number of allylic oxidation sites excluding steroid dienone is 1. The van der Waals surface area contributed by atoms with Crippen molar-refractivity contribution in [3.8, 4) is 11.8 Å². The molecule has 38 heavy (non-hydrogen) atoms. The minimum absolute atomic E-state index is 0.0843. The highest BCUT2D eigenvalue weighted by Gasteiger charge is 2.63. The van der Waals surface area contributed by atoms with Crippen molar-refractivity contribution in [2.75, 3.05) is 25.6 Å². The topological polar surface area (TPSA) is 49.8 Å². The molecular weight excluding hydrogens is 494 g/mol. The van der Waals surface area contributed by atoms with E-state index in [1.807, 2.05) is 38.4 Å². The molecule has 0 aromatic heterocycles. The lowest BCUT2D eigenvalue weighted by molar-refractivity contribution is -0.115. The fourth-order valence-electron chi connectivity index (χ4n) is 7.23. The smallest absolute Gasteiger partial charge is 0.156 e. The minimum atomic E-state index is -1.13. The predicted molar refractivity (Wildman–Crippen MR) is 151 cm³/mol. The molecule has 5 heteroatoms. The Hall–Kier alpha value is -2.84. The van der Waals surface area contributed by atoms with Crippen molar-refractivity contribution in [3.05, 3.63) is 87.5 Å². The molecule has 1 aliphatic heterocycles. The van der Waals surface area contributed by atoms with Gasteiger partial charge in [0.25, 0.3) is 0 Å². The van der Waals surface area contributed by atoms with Crippen molar-refractivity contribution < 1.29 is 14.6 Å². The summed E-state index contributed by atoms with van der Waals surface area (Å²) < 4.78 is 6.60. The van der Waals surface area contributed by atoms with Crippen LogP contribution in [0.3, 0.4) is 0 Å². The Labute approximate surface area is 230 Å². The summed E-state index contributed by atoms with van der Waals surface area (Å²) in [6.07, 6.45) is 5.29. The molecule has 0 radical (unpaired) electrons. The highest BCUT2D eigenvalue weighted by Crippen LogP contribution is 2.64. The molecule has 6 rings (SSSR count). The maximum absolute atomic E-state index is 12.2. The fourth-order valence-corrected chi connectivity index (χ4v) is 7.36. The van der Waals surface area contributed by atoms with Crippen LogP contribution in [0, 0.1) is 23.2 Å². The van der Waals surface area contributed by atoms with E-state index in [1.54, 1.807) is 6.08 Å². The summed E-state index contributed by atoms with van der Waals surface area (Å²) in [5, 5.41) is 12.8. The first-order valence-corrected chi connectivity index (χ1v) is 13.9. The number of ether oxygens (including phenoxy) is 1. The summed E-state index contributed by atoms with van der Waals surface area (Å²) in [4.78, 5) is 14.3. The number of nitrogens with zero attached hydrogens (tertiary/aromatic N) is 1. The molecule has 2 aromatic rings. The molecule has 2 saturated carbocycles. The number of hydrogen-bond acceptors (Lipinski definition) is 4. The minimum Gasteiger partial charge on any atom is -0.378 e. The molecule has 2 fully saturated rings. The number of carbonyl (C=O) groups is 1. The van der Waals surface area contributed by atoms with E-state index in [2.05, 4.69) is 47.9 Å². The van der Waals surface area contributed by atoms with Crippen LogP contribution in [0.15, 0.2) is 71.3 Å². The van der Waals surface area contributed by atoms with Crippen LogP contribution in [0.2, 0.25) is 5.02 Å². The number of halogens is 1. The molecular formula is C33H34ClNO3. The zero-order chi connectivity index (χ0) is 26.7. The Balaban J connectivity index is 1.45. The summed E-state index contributed by atoms with van der Waals surface area (Å²) in [5.41, 5.74) is 5.33. The van der Waals surface area contributed by atoms with Gasteiger partial charge in [-0.1, -0.05) is 42.5 Å². The van der Waals surface area contributed by atoms with Crippen LogP contribution in [0.5, 0.6) is 0 Å². The van der Waals surface area contributed by atoms with E-state index in [0.717, 1.165) is 36.1 Å². The summed E-state index contributed by atoms with van der Waals surface area (Å²) in [6.45, 7) is 2.67. The lowest BCUT2D eigenvalue weighted by Crippen LogP contribution is -2.53. The van der Waals surface area contributed by atoms with E-state index in [1.165, 1.54) is 16.7 Å². The van der Waals surface area contributed by atoms with Gasteiger partial charge in [-0.05, 0) is 96.4 Å². The van der Waals surface area contributed by atoms with Gasteiger partial charge >= 0.3 is 0 Å². The molecule has 0 amide bonds. The van der Waals surface area contributed by atoms with Gasteiger partial charge < -0.3 is 14.7 Å². The number of hydrogen-bond donors (Lipinski definition) is 1. The number of aliphatic hydroxyl groups is 1. The van der Waals surface area contributed by atoms with E-state index >= 15 is 0 Å². The van der Waals surface area contributed by atoms with Gasteiger partial charge in [0, 0.05) is 48.1 Å². The van der Waals surface area contributed by atoms with Crippen molar-refractivity contribution in [2.45, 2.75) is 56.7 Å². The van der Waals surface area contributed by atoms with Gasteiger partial charge in [0.2, 0.25) is 0 Å². The van der Waals surface area contributed by atoms with E-state index in [4.69, 9.17) is 16.3 Å². The Morgan fingerprint density at radius 1 is 1.08 bits per heavy atom. The summed E-state index contributed by atoms with van der Waals surface area (Å²) in [5.74, 6) is 7.00. The van der Waals surface area contributed by atoms with E-state index in [0.29, 0.717) is 24.5 Å². The van der Waals surface area contributed by atoms with Gasteiger partial charge in [0.15, 0.2) is 5.78 Å². The monoisotopic (exact) mass is 527 g/mol. The standard InChI is InChI=1S/C33H34ClNO3/c1-32-19-28(22-6-10-25(11-7-22)35(2)3)30-27-13-12-26(36)18-23(27)20-38-31(30)29(32)15-17-33(32,37)16-14-21-4-8-24(34)9-5-21/h4-11,18,28-29,31,37H,12-13,15,17,19-20H2,1-3H3/t28?,29-,31?,32?,33-/m0/s1. The highest BCUT2D eigenvalue weighted by atomic mass is 35.5. The third-order valence-electron chi connectivity index (χ3n) is 9.44. The summed E-state index contributed by atoms with van der Waals surface area (Å²) in [6, 6.07) is 16.2. The lowest BCUT2D eigenvalue weighted by atomic mass is 9.55. The third-order valence-corrected chi connectivity index (χ3v) is 9.69. The highest BCUT2D eigenvalue weighted by molar-refractivity contribution is 6.30. The second-order valence-corrected chi connectivity index (χ2v) is 12.2. The molecule has 0 spiro atoms.